The normalized spacial score (nSPS) is 17.4. The van der Waals surface area contributed by atoms with E-state index >= 15 is 0 Å². The van der Waals surface area contributed by atoms with Crippen molar-refractivity contribution in [1.29, 1.82) is 0 Å². The lowest BCUT2D eigenvalue weighted by Gasteiger charge is -2.25. The number of benzene rings is 1. The van der Waals surface area contributed by atoms with E-state index in [1.54, 1.807) is 4.57 Å². The molecule has 146 valence electrons. The van der Waals surface area contributed by atoms with Gasteiger partial charge in [-0.05, 0) is 50.6 Å². The van der Waals surface area contributed by atoms with Crippen molar-refractivity contribution in [3.8, 4) is 11.1 Å². The van der Waals surface area contributed by atoms with Crippen LogP contribution in [0, 0.1) is 0 Å². The van der Waals surface area contributed by atoms with Crippen LogP contribution >= 0.6 is 11.6 Å². The van der Waals surface area contributed by atoms with Gasteiger partial charge in [0.2, 0.25) is 0 Å². The van der Waals surface area contributed by atoms with Gasteiger partial charge in [0.15, 0.2) is 0 Å². The van der Waals surface area contributed by atoms with Gasteiger partial charge in [-0.25, -0.2) is 4.99 Å². The van der Waals surface area contributed by atoms with Crippen LogP contribution in [0.5, 0.6) is 0 Å². The third-order valence-electron chi connectivity index (χ3n) is 5.59. The third-order valence-corrected chi connectivity index (χ3v) is 5.92. The summed E-state index contributed by atoms with van der Waals surface area (Å²) >= 11 is 6.35. The first-order chi connectivity index (χ1) is 13.5. The first-order valence-electron chi connectivity index (χ1n) is 9.73. The van der Waals surface area contributed by atoms with Crippen LogP contribution in [0.25, 0.3) is 11.1 Å². The lowest BCUT2D eigenvalue weighted by Crippen LogP contribution is -2.39. The molecule has 0 amide bonds. The molecule has 0 radical (unpaired) electrons. The van der Waals surface area contributed by atoms with Crippen molar-refractivity contribution in [1.82, 2.24) is 15.2 Å². The number of halogens is 1. The molecular formula is C22H25ClN4O. The Kier molecular flexibility index (Phi) is 5.38. The first kappa shape index (κ1) is 19.0. The summed E-state index contributed by atoms with van der Waals surface area (Å²) < 4.78 is 1.73. The molecule has 0 aliphatic carbocycles. The van der Waals surface area contributed by atoms with Crippen LogP contribution in [-0.4, -0.2) is 29.9 Å². The van der Waals surface area contributed by atoms with E-state index in [9.17, 15) is 4.79 Å². The molecule has 1 saturated heterocycles. The van der Waals surface area contributed by atoms with Crippen molar-refractivity contribution in [2.24, 2.45) is 12.0 Å². The van der Waals surface area contributed by atoms with E-state index < -0.39 is 0 Å². The molecule has 0 unspecified atom stereocenters. The average molecular weight is 397 g/mol. The van der Waals surface area contributed by atoms with Crippen LogP contribution in [0.2, 0.25) is 5.02 Å². The molecule has 0 spiro atoms. The molecule has 0 bridgehead atoms. The molecule has 0 atom stereocenters. The SMILES string of the molecule is CC1=C(NC2CCNCC2)N=Cc2cc(-c3ccccc3Cl)c(=O)n(C)c2C1. The minimum atomic E-state index is -0.0391. The van der Waals surface area contributed by atoms with E-state index in [1.165, 1.54) is 0 Å². The monoisotopic (exact) mass is 396 g/mol. The van der Waals surface area contributed by atoms with Crippen LogP contribution < -0.4 is 16.2 Å². The molecule has 2 aliphatic rings. The third kappa shape index (κ3) is 3.64. The Morgan fingerprint density at radius 2 is 1.96 bits per heavy atom. The van der Waals surface area contributed by atoms with Gasteiger partial charge in [0.1, 0.15) is 5.82 Å². The van der Waals surface area contributed by atoms with E-state index in [0.717, 1.165) is 54.1 Å². The fraction of sp³-hybridized carbons (Fsp3) is 0.364. The zero-order chi connectivity index (χ0) is 19.7. The Morgan fingerprint density at radius 1 is 1.21 bits per heavy atom. The predicted molar refractivity (Wildman–Crippen MR) is 115 cm³/mol. The number of rotatable bonds is 3. The maximum absolute atomic E-state index is 13.0. The van der Waals surface area contributed by atoms with E-state index in [2.05, 4.69) is 17.6 Å². The van der Waals surface area contributed by atoms with Crippen LogP contribution in [0.15, 0.2) is 51.5 Å². The second-order valence-corrected chi connectivity index (χ2v) is 7.94. The highest BCUT2D eigenvalue weighted by Gasteiger charge is 2.20. The highest BCUT2D eigenvalue weighted by molar-refractivity contribution is 6.33. The molecule has 2 aliphatic heterocycles. The molecule has 1 aromatic carbocycles. The van der Waals surface area contributed by atoms with Crippen molar-refractivity contribution < 1.29 is 0 Å². The van der Waals surface area contributed by atoms with Gasteiger partial charge in [0.05, 0.1) is 0 Å². The van der Waals surface area contributed by atoms with Gasteiger partial charge in [0.25, 0.3) is 5.56 Å². The van der Waals surface area contributed by atoms with E-state index in [1.807, 2.05) is 43.6 Å². The number of aliphatic imine (C=N–C) groups is 1. The van der Waals surface area contributed by atoms with Crippen LogP contribution in [0.3, 0.4) is 0 Å². The number of fused-ring (bicyclic) bond motifs is 1. The standard InChI is InChI=1S/C22H25ClN4O/c1-14-11-20-15(13-25-21(14)26-16-7-9-24-10-8-16)12-18(22(28)27(20)2)17-5-3-4-6-19(17)23/h3-6,12-13,16,24,26H,7-11H2,1-2H3. The summed E-state index contributed by atoms with van der Waals surface area (Å²) in [5.74, 6) is 0.926. The van der Waals surface area contributed by atoms with Crippen LogP contribution in [0.4, 0.5) is 0 Å². The minimum absolute atomic E-state index is 0.0391. The van der Waals surface area contributed by atoms with E-state index in [-0.39, 0.29) is 5.56 Å². The lowest BCUT2D eigenvalue weighted by molar-refractivity contribution is 0.409. The van der Waals surface area contributed by atoms with Crippen molar-refractivity contribution in [2.45, 2.75) is 32.2 Å². The van der Waals surface area contributed by atoms with Crippen molar-refractivity contribution in [2.75, 3.05) is 13.1 Å². The Balaban J connectivity index is 1.72. The van der Waals surface area contributed by atoms with E-state index in [4.69, 9.17) is 16.6 Å². The quantitative estimate of drug-likeness (QED) is 0.837. The van der Waals surface area contributed by atoms with Crippen molar-refractivity contribution in [3.63, 3.8) is 0 Å². The number of allylic oxidation sites excluding steroid dienone is 1. The topological polar surface area (TPSA) is 58.4 Å². The molecule has 28 heavy (non-hydrogen) atoms. The number of pyridine rings is 1. The Labute approximate surface area is 170 Å². The highest BCUT2D eigenvalue weighted by Crippen LogP contribution is 2.27. The van der Waals surface area contributed by atoms with Crippen molar-refractivity contribution >= 4 is 17.8 Å². The second-order valence-electron chi connectivity index (χ2n) is 7.54. The van der Waals surface area contributed by atoms with Gasteiger partial charge in [-0.3, -0.25) is 4.79 Å². The summed E-state index contributed by atoms with van der Waals surface area (Å²) in [6.07, 6.45) is 4.75. The smallest absolute Gasteiger partial charge is 0.258 e. The average Bonchev–Trinajstić information content (AvgIpc) is 2.86. The first-order valence-corrected chi connectivity index (χ1v) is 10.1. The Bertz CT molecular complexity index is 1020. The number of hydrogen-bond acceptors (Lipinski definition) is 4. The van der Waals surface area contributed by atoms with Crippen molar-refractivity contribution in [3.05, 3.63) is 68.4 Å². The number of hydrogen-bond donors (Lipinski definition) is 2. The molecule has 4 rings (SSSR count). The Hall–Kier alpha value is -2.37. The summed E-state index contributed by atoms with van der Waals surface area (Å²) in [6, 6.07) is 9.81. The molecule has 1 aromatic heterocycles. The number of aromatic nitrogens is 1. The van der Waals surface area contributed by atoms with Crippen LogP contribution in [-0.2, 0) is 13.5 Å². The summed E-state index contributed by atoms with van der Waals surface area (Å²) in [4.78, 5) is 17.8. The molecule has 1 fully saturated rings. The largest absolute Gasteiger partial charge is 0.367 e. The number of nitrogens with one attached hydrogen (secondary N) is 2. The minimum Gasteiger partial charge on any atom is -0.367 e. The Morgan fingerprint density at radius 3 is 2.71 bits per heavy atom. The fourth-order valence-corrected chi connectivity index (χ4v) is 4.14. The van der Waals surface area contributed by atoms with Gasteiger partial charge >= 0.3 is 0 Å². The molecule has 3 heterocycles. The molecule has 5 nitrogen and oxygen atoms in total. The van der Waals surface area contributed by atoms with Gasteiger partial charge in [-0.15, -0.1) is 0 Å². The van der Waals surface area contributed by atoms with Gasteiger partial charge in [0, 0.05) is 53.1 Å². The summed E-state index contributed by atoms with van der Waals surface area (Å²) in [7, 11) is 1.83. The molecule has 2 N–H and O–H groups in total. The maximum atomic E-state index is 13.0. The number of piperidine rings is 1. The maximum Gasteiger partial charge on any atom is 0.258 e. The molecule has 6 heteroatoms. The zero-order valence-corrected chi connectivity index (χ0v) is 17.0. The molecule has 2 aromatic rings. The second kappa shape index (κ2) is 7.94. The summed E-state index contributed by atoms with van der Waals surface area (Å²) in [6.45, 7) is 4.15. The molecule has 0 saturated carbocycles. The fourth-order valence-electron chi connectivity index (χ4n) is 3.90. The molecular weight excluding hydrogens is 372 g/mol. The highest BCUT2D eigenvalue weighted by atomic mass is 35.5. The lowest BCUT2D eigenvalue weighted by atomic mass is 10.0. The summed E-state index contributed by atoms with van der Waals surface area (Å²) in [5.41, 5.74) is 4.40. The van der Waals surface area contributed by atoms with E-state index in [0.29, 0.717) is 23.0 Å². The van der Waals surface area contributed by atoms with Gasteiger partial charge in [-0.2, -0.15) is 0 Å². The predicted octanol–water partition coefficient (Wildman–Crippen LogP) is 3.25. The summed E-state index contributed by atoms with van der Waals surface area (Å²) in [5, 5.41) is 7.57. The van der Waals surface area contributed by atoms with Crippen LogP contribution in [0.1, 0.15) is 31.0 Å². The zero-order valence-electron chi connectivity index (χ0n) is 16.3. The van der Waals surface area contributed by atoms with Gasteiger partial charge < -0.3 is 15.2 Å². The number of nitrogens with zero attached hydrogens (tertiary/aromatic N) is 2. The van der Waals surface area contributed by atoms with Gasteiger partial charge in [-0.1, -0.05) is 29.8 Å².